The number of phenols is 1. The summed E-state index contributed by atoms with van der Waals surface area (Å²) in [6.07, 6.45) is 0. The van der Waals surface area contributed by atoms with Crippen molar-refractivity contribution in [1.29, 1.82) is 0 Å². The molecule has 2 N–H and O–H groups in total. The fourth-order valence-corrected chi connectivity index (χ4v) is 2.26. The summed E-state index contributed by atoms with van der Waals surface area (Å²) in [5.41, 5.74) is 1.64. The molecule has 0 bridgehead atoms. The monoisotopic (exact) mass is 267 g/mol. The van der Waals surface area contributed by atoms with Crippen LogP contribution in [0.2, 0.25) is 0 Å². The van der Waals surface area contributed by atoms with Crippen LogP contribution in [0.5, 0.6) is 5.75 Å². The van der Waals surface area contributed by atoms with E-state index in [4.69, 9.17) is 4.42 Å². The Balaban J connectivity index is 2.37. The van der Waals surface area contributed by atoms with Crippen molar-refractivity contribution in [2.75, 3.05) is 7.05 Å². The molecule has 0 atom stereocenters. The number of carbonyl (C=O) groups is 1. The minimum absolute atomic E-state index is 0.0343. The van der Waals surface area contributed by atoms with Crippen LogP contribution >= 0.6 is 0 Å². The van der Waals surface area contributed by atoms with Crippen molar-refractivity contribution in [2.45, 2.75) is 0 Å². The number of fused-ring (bicyclic) bond motifs is 1. The standard InChI is InChI=1S/C16H13NO3/c1-17-16(19)14-13-11(18)8-5-9-12(13)20-15(14)10-6-3-2-4-7-10/h2-9,18H,1H3,(H,17,19). The molecule has 0 saturated heterocycles. The van der Waals surface area contributed by atoms with Gasteiger partial charge in [-0.25, -0.2) is 0 Å². The Bertz CT molecular complexity index is 775. The number of rotatable bonds is 2. The maximum Gasteiger partial charge on any atom is 0.255 e. The lowest BCUT2D eigenvalue weighted by molar-refractivity contribution is 0.0964. The van der Waals surface area contributed by atoms with E-state index in [1.165, 1.54) is 0 Å². The first-order valence-electron chi connectivity index (χ1n) is 6.24. The van der Waals surface area contributed by atoms with E-state index in [2.05, 4.69) is 5.32 Å². The average Bonchev–Trinajstić information content (AvgIpc) is 2.88. The molecule has 0 radical (unpaired) electrons. The number of carbonyl (C=O) groups excluding carboxylic acids is 1. The van der Waals surface area contributed by atoms with Crippen LogP contribution in [0.15, 0.2) is 52.9 Å². The van der Waals surface area contributed by atoms with Crippen LogP contribution in [-0.4, -0.2) is 18.1 Å². The van der Waals surface area contributed by atoms with E-state index < -0.39 is 0 Å². The number of phenolic OH excluding ortho intramolecular Hbond substituents is 1. The van der Waals surface area contributed by atoms with Gasteiger partial charge in [-0.05, 0) is 12.1 Å². The largest absolute Gasteiger partial charge is 0.507 e. The van der Waals surface area contributed by atoms with Crippen LogP contribution in [0.25, 0.3) is 22.3 Å². The van der Waals surface area contributed by atoms with Gasteiger partial charge in [0, 0.05) is 12.6 Å². The van der Waals surface area contributed by atoms with Crippen LogP contribution < -0.4 is 5.32 Å². The maximum absolute atomic E-state index is 12.2. The fourth-order valence-electron chi connectivity index (χ4n) is 2.26. The molecule has 20 heavy (non-hydrogen) atoms. The summed E-state index contributed by atoms with van der Waals surface area (Å²) in [6.45, 7) is 0. The lowest BCUT2D eigenvalue weighted by Crippen LogP contribution is -2.18. The molecule has 100 valence electrons. The molecule has 3 aromatic rings. The van der Waals surface area contributed by atoms with Crippen LogP contribution in [0.3, 0.4) is 0 Å². The van der Waals surface area contributed by atoms with Gasteiger partial charge < -0.3 is 14.8 Å². The first-order chi connectivity index (χ1) is 9.72. The molecule has 4 heteroatoms. The number of amides is 1. The van der Waals surface area contributed by atoms with Gasteiger partial charge >= 0.3 is 0 Å². The van der Waals surface area contributed by atoms with Gasteiger partial charge in [-0.1, -0.05) is 36.4 Å². The van der Waals surface area contributed by atoms with Crippen LogP contribution in [0.1, 0.15) is 10.4 Å². The van der Waals surface area contributed by atoms with Gasteiger partial charge in [0.05, 0.1) is 10.9 Å². The first-order valence-corrected chi connectivity index (χ1v) is 6.24. The van der Waals surface area contributed by atoms with Crippen molar-refractivity contribution in [3.8, 4) is 17.1 Å². The normalized spacial score (nSPS) is 10.7. The lowest BCUT2D eigenvalue weighted by atomic mass is 10.0. The van der Waals surface area contributed by atoms with E-state index in [1.807, 2.05) is 30.3 Å². The molecular formula is C16H13NO3. The van der Waals surface area contributed by atoms with Crippen LogP contribution in [0, 0.1) is 0 Å². The minimum atomic E-state index is -0.288. The van der Waals surface area contributed by atoms with Gasteiger partial charge in [0.1, 0.15) is 17.1 Å². The third-order valence-corrected chi connectivity index (χ3v) is 3.18. The summed E-state index contributed by atoms with van der Waals surface area (Å²) in [7, 11) is 1.55. The summed E-state index contributed by atoms with van der Waals surface area (Å²) in [6, 6.07) is 14.3. The molecular weight excluding hydrogens is 254 g/mol. The van der Waals surface area contributed by atoms with Gasteiger partial charge in [0.25, 0.3) is 5.91 Å². The highest BCUT2D eigenvalue weighted by Crippen LogP contribution is 2.37. The van der Waals surface area contributed by atoms with Crippen molar-refractivity contribution < 1.29 is 14.3 Å². The highest BCUT2D eigenvalue weighted by Gasteiger charge is 2.23. The fraction of sp³-hybridized carbons (Fsp3) is 0.0625. The van der Waals surface area contributed by atoms with Gasteiger partial charge in [-0.2, -0.15) is 0 Å². The molecule has 0 spiro atoms. The molecule has 0 aliphatic carbocycles. The third kappa shape index (κ3) is 1.82. The first kappa shape index (κ1) is 12.3. The topological polar surface area (TPSA) is 62.5 Å². The van der Waals surface area contributed by atoms with Crippen LogP contribution in [-0.2, 0) is 0 Å². The van der Waals surface area contributed by atoms with Gasteiger partial charge in [0.2, 0.25) is 0 Å². The van der Waals surface area contributed by atoms with Gasteiger partial charge in [-0.3, -0.25) is 4.79 Å². The summed E-state index contributed by atoms with van der Waals surface area (Å²) >= 11 is 0. The van der Waals surface area contributed by atoms with E-state index in [-0.39, 0.29) is 11.7 Å². The van der Waals surface area contributed by atoms with Crippen molar-refractivity contribution >= 4 is 16.9 Å². The number of aromatic hydroxyl groups is 1. The highest BCUT2D eigenvalue weighted by atomic mass is 16.3. The van der Waals surface area contributed by atoms with E-state index in [1.54, 1.807) is 25.2 Å². The molecule has 0 unspecified atom stereocenters. The molecule has 1 aromatic heterocycles. The smallest absolute Gasteiger partial charge is 0.255 e. The number of hydrogen-bond donors (Lipinski definition) is 2. The molecule has 2 aromatic carbocycles. The minimum Gasteiger partial charge on any atom is -0.507 e. The summed E-state index contributed by atoms with van der Waals surface area (Å²) in [5, 5.41) is 13.0. The summed E-state index contributed by atoms with van der Waals surface area (Å²) in [4.78, 5) is 12.2. The molecule has 0 fully saturated rings. The quantitative estimate of drug-likeness (QED) is 0.749. The molecule has 4 nitrogen and oxygen atoms in total. The van der Waals surface area contributed by atoms with Crippen LogP contribution in [0.4, 0.5) is 0 Å². The maximum atomic E-state index is 12.2. The van der Waals surface area contributed by atoms with E-state index in [0.29, 0.717) is 22.3 Å². The molecule has 0 aliphatic rings. The summed E-state index contributed by atoms with van der Waals surface area (Å²) in [5.74, 6) is 0.206. The van der Waals surface area contributed by atoms with Crippen molar-refractivity contribution in [1.82, 2.24) is 5.32 Å². The highest BCUT2D eigenvalue weighted by molar-refractivity contribution is 6.12. The molecule has 1 amide bonds. The Morgan fingerprint density at radius 1 is 1.10 bits per heavy atom. The van der Waals surface area contributed by atoms with Gasteiger partial charge in [-0.15, -0.1) is 0 Å². The molecule has 1 heterocycles. The third-order valence-electron chi connectivity index (χ3n) is 3.18. The molecule has 3 rings (SSSR count). The second-order valence-electron chi connectivity index (χ2n) is 4.40. The summed E-state index contributed by atoms with van der Waals surface area (Å²) < 4.78 is 5.77. The Morgan fingerprint density at radius 2 is 1.85 bits per heavy atom. The Hall–Kier alpha value is -2.75. The van der Waals surface area contributed by atoms with Gasteiger partial charge in [0.15, 0.2) is 0 Å². The molecule has 0 saturated carbocycles. The Labute approximate surface area is 115 Å². The second kappa shape index (κ2) is 4.74. The number of furan rings is 1. The number of hydrogen-bond acceptors (Lipinski definition) is 3. The van der Waals surface area contributed by atoms with E-state index in [0.717, 1.165) is 5.56 Å². The van der Waals surface area contributed by atoms with Crippen molar-refractivity contribution in [3.05, 3.63) is 54.1 Å². The predicted molar refractivity (Wildman–Crippen MR) is 76.7 cm³/mol. The molecule has 0 aliphatic heterocycles. The van der Waals surface area contributed by atoms with E-state index in [9.17, 15) is 9.90 Å². The van der Waals surface area contributed by atoms with E-state index >= 15 is 0 Å². The number of benzene rings is 2. The number of nitrogens with one attached hydrogen (secondary N) is 1. The Morgan fingerprint density at radius 3 is 2.55 bits per heavy atom. The average molecular weight is 267 g/mol. The zero-order chi connectivity index (χ0) is 14.1. The van der Waals surface area contributed by atoms with Crippen molar-refractivity contribution in [2.24, 2.45) is 0 Å². The lowest BCUT2D eigenvalue weighted by Gasteiger charge is -2.02. The second-order valence-corrected chi connectivity index (χ2v) is 4.40. The predicted octanol–water partition coefficient (Wildman–Crippen LogP) is 3.17. The zero-order valence-corrected chi connectivity index (χ0v) is 10.9. The van der Waals surface area contributed by atoms with Crippen molar-refractivity contribution in [3.63, 3.8) is 0 Å². The zero-order valence-electron chi connectivity index (χ0n) is 10.9. The Kier molecular flexibility index (Phi) is 2.91. The SMILES string of the molecule is CNC(=O)c1c(-c2ccccc2)oc2cccc(O)c12.